The van der Waals surface area contributed by atoms with E-state index in [-0.39, 0.29) is 5.56 Å². The van der Waals surface area contributed by atoms with E-state index >= 15 is 0 Å². The SMILES string of the molecule is CC/C=C(/CNCC1CCNCC1)C(=NC)c1ccccc1C(F)(F)F. The summed E-state index contributed by atoms with van der Waals surface area (Å²) in [4.78, 5) is 4.22. The maximum atomic E-state index is 13.4. The average molecular weight is 367 g/mol. The van der Waals surface area contributed by atoms with Crippen LogP contribution in [0.15, 0.2) is 40.9 Å². The first-order valence-electron chi connectivity index (χ1n) is 9.21. The molecule has 0 atom stereocenters. The molecule has 26 heavy (non-hydrogen) atoms. The first-order valence-corrected chi connectivity index (χ1v) is 9.21. The van der Waals surface area contributed by atoms with Gasteiger partial charge in [0.15, 0.2) is 0 Å². The maximum Gasteiger partial charge on any atom is 0.417 e. The zero-order valence-corrected chi connectivity index (χ0v) is 15.5. The van der Waals surface area contributed by atoms with Crippen molar-refractivity contribution in [2.45, 2.75) is 32.4 Å². The Morgan fingerprint density at radius 1 is 1.27 bits per heavy atom. The van der Waals surface area contributed by atoms with Crippen LogP contribution in [0.2, 0.25) is 0 Å². The summed E-state index contributed by atoms with van der Waals surface area (Å²) in [6.45, 7) is 5.45. The molecular weight excluding hydrogens is 339 g/mol. The van der Waals surface area contributed by atoms with E-state index in [0.717, 1.165) is 50.5 Å². The summed E-state index contributed by atoms with van der Waals surface area (Å²) in [6, 6.07) is 5.66. The zero-order chi connectivity index (χ0) is 19.0. The molecule has 1 heterocycles. The highest BCUT2D eigenvalue weighted by Crippen LogP contribution is 2.33. The van der Waals surface area contributed by atoms with Gasteiger partial charge in [-0.15, -0.1) is 0 Å². The Morgan fingerprint density at radius 2 is 1.96 bits per heavy atom. The topological polar surface area (TPSA) is 36.4 Å². The Balaban J connectivity index is 2.15. The largest absolute Gasteiger partial charge is 0.417 e. The van der Waals surface area contributed by atoms with E-state index in [1.165, 1.54) is 12.1 Å². The van der Waals surface area contributed by atoms with Crippen molar-refractivity contribution in [2.75, 3.05) is 33.2 Å². The molecule has 144 valence electrons. The lowest BCUT2D eigenvalue weighted by atomic mass is 9.95. The van der Waals surface area contributed by atoms with E-state index < -0.39 is 11.7 Å². The summed E-state index contributed by atoms with van der Waals surface area (Å²) in [5, 5.41) is 6.76. The fourth-order valence-electron chi connectivity index (χ4n) is 3.37. The molecule has 0 amide bonds. The van der Waals surface area contributed by atoms with Crippen LogP contribution in [-0.2, 0) is 6.18 Å². The monoisotopic (exact) mass is 367 g/mol. The molecule has 1 aliphatic heterocycles. The number of aliphatic imine (C=N–C) groups is 1. The molecule has 3 nitrogen and oxygen atoms in total. The van der Waals surface area contributed by atoms with Crippen LogP contribution in [0.3, 0.4) is 0 Å². The van der Waals surface area contributed by atoms with Crippen molar-refractivity contribution in [2.24, 2.45) is 10.9 Å². The standard InChI is InChI=1S/C20H28F3N3/c1-3-6-16(14-26-13-15-9-11-25-12-10-15)19(24-2)17-7-4-5-8-18(17)20(21,22)23/h4-8,15,25-26H,3,9-14H2,1-2H3/b16-6-,24-19?. The molecule has 0 aliphatic carbocycles. The molecular formula is C20H28F3N3. The molecule has 1 aromatic rings. The van der Waals surface area contributed by atoms with E-state index in [4.69, 9.17) is 0 Å². The van der Waals surface area contributed by atoms with Gasteiger partial charge in [0.2, 0.25) is 0 Å². The molecule has 0 bridgehead atoms. The van der Waals surface area contributed by atoms with Crippen molar-refractivity contribution < 1.29 is 13.2 Å². The molecule has 1 fully saturated rings. The molecule has 1 aromatic carbocycles. The van der Waals surface area contributed by atoms with E-state index in [0.29, 0.717) is 18.2 Å². The number of nitrogens with one attached hydrogen (secondary N) is 2. The van der Waals surface area contributed by atoms with Gasteiger partial charge >= 0.3 is 6.18 Å². The number of nitrogens with zero attached hydrogens (tertiary/aromatic N) is 1. The summed E-state index contributed by atoms with van der Waals surface area (Å²) < 4.78 is 40.2. The fourth-order valence-corrected chi connectivity index (χ4v) is 3.37. The third-order valence-electron chi connectivity index (χ3n) is 4.67. The number of alkyl halides is 3. The molecule has 0 saturated carbocycles. The molecule has 1 saturated heterocycles. The molecule has 2 N–H and O–H groups in total. The van der Waals surface area contributed by atoms with E-state index in [2.05, 4.69) is 15.6 Å². The fraction of sp³-hybridized carbons (Fsp3) is 0.550. The van der Waals surface area contributed by atoms with Crippen LogP contribution in [0.1, 0.15) is 37.3 Å². The van der Waals surface area contributed by atoms with Crippen molar-refractivity contribution in [1.82, 2.24) is 10.6 Å². The zero-order valence-electron chi connectivity index (χ0n) is 15.5. The van der Waals surface area contributed by atoms with E-state index in [9.17, 15) is 13.2 Å². The van der Waals surface area contributed by atoms with Crippen molar-refractivity contribution >= 4 is 5.71 Å². The van der Waals surface area contributed by atoms with Crippen LogP contribution >= 0.6 is 0 Å². The average Bonchev–Trinajstić information content (AvgIpc) is 2.63. The number of piperidine rings is 1. The molecule has 0 radical (unpaired) electrons. The summed E-state index contributed by atoms with van der Waals surface area (Å²) in [6.07, 6.45) is 0.575. The van der Waals surface area contributed by atoms with Crippen LogP contribution in [-0.4, -0.2) is 38.9 Å². The van der Waals surface area contributed by atoms with Gasteiger partial charge in [-0.25, -0.2) is 0 Å². The van der Waals surface area contributed by atoms with Gasteiger partial charge in [0, 0.05) is 19.2 Å². The third-order valence-corrected chi connectivity index (χ3v) is 4.67. The van der Waals surface area contributed by atoms with Crippen molar-refractivity contribution in [3.05, 3.63) is 47.0 Å². The number of rotatable bonds is 7. The van der Waals surface area contributed by atoms with Gasteiger partial charge in [0.25, 0.3) is 0 Å². The summed E-state index contributed by atoms with van der Waals surface area (Å²) in [5.41, 5.74) is 0.741. The van der Waals surface area contributed by atoms with Gasteiger partial charge in [-0.3, -0.25) is 4.99 Å². The number of hydrogen-bond donors (Lipinski definition) is 2. The van der Waals surface area contributed by atoms with Gasteiger partial charge in [-0.05, 0) is 56.5 Å². The quantitative estimate of drug-likeness (QED) is 0.714. The summed E-state index contributed by atoms with van der Waals surface area (Å²) >= 11 is 0. The first-order chi connectivity index (χ1) is 12.5. The van der Waals surface area contributed by atoms with Crippen LogP contribution in [0.4, 0.5) is 13.2 Å². The normalized spacial score (nSPS) is 17.6. The van der Waals surface area contributed by atoms with Gasteiger partial charge in [0.1, 0.15) is 0 Å². The molecule has 0 spiro atoms. The first kappa shape index (κ1) is 20.6. The predicted molar refractivity (Wildman–Crippen MR) is 101 cm³/mol. The smallest absolute Gasteiger partial charge is 0.317 e. The Kier molecular flexibility index (Phi) is 7.85. The lowest BCUT2D eigenvalue weighted by Gasteiger charge is -2.23. The molecule has 2 rings (SSSR count). The Labute approximate surface area is 153 Å². The number of benzene rings is 1. The Bertz CT molecular complexity index is 629. The van der Waals surface area contributed by atoms with Crippen LogP contribution in [0.5, 0.6) is 0 Å². The Hall–Kier alpha value is -1.66. The van der Waals surface area contributed by atoms with Crippen molar-refractivity contribution in [3.63, 3.8) is 0 Å². The highest BCUT2D eigenvalue weighted by atomic mass is 19.4. The highest BCUT2D eigenvalue weighted by Gasteiger charge is 2.34. The number of hydrogen-bond acceptors (Lipinski definition) is 3. The molecule has 0 unspecified atom stereocenters. The van der Waals surface area contributed by atoms with Gasteiger partial charge in [0.05, 0.1) is 11.3 Å². The molecule has 1 aliphatic rings. The number of allylic oxidation sites excluding steroid dienone is 1. The van der Waals surface area contributed by atoms with Crippen LogP contribution in [0, 0.1) is 5.92 Å². The highest BCUT2D eigenvalue weighted by molar-refractivity contribution is 6.13. The summed E-state index contributed by atoms with van der Waals surface area (Å²) in [7, 11) is 1.55. The van der Waals surface area contributed by atoms with Crippen molar-refractivity contribution in [1.29, 1.82) is 0 Å². The van der Waals surface area contributed by atoms with E-state index in [1.54, 1.807) is 13.1 Å². The second-order valence-electron chi connectivity index (χ2n) is 6.58. The minimum absolute atomic E-state index is 0.144. The number of halogens is 3. The lowest BCUT2D eigenvalue weighted by molar-refractivity contribution is -0.137. The Morgan fingerprint density at radius 3 is 2.58 bits per heavy atom. The van der Waals surface area contributed by atoms with Gasteiger partial charge in [-0.2, -0.15) is 13.2 Å². The van der Waals surface area contributed by atoms with Crippen molar-refractivity contribution in [3.8, 4) is 0 Å². The predicted octanol–water partition coefficient (Wildman–Crippen LogP) is 4.05. The minimum Gasteiger partial charge on any atom is -0.317 e. The van der Waals surface area contributed by atoms with E-state index in [1.807, 2.05) is 13.0 Å². The van der Waals surface area contributed by atoms with Gasteiger partial charge in [-0.1, -0.05) is 31.2 Å². The molecule has 6 heteroatoms. The van der Waals surface area contributed by atoms with Crippen LogP contribution in [0.25, 0.3) is 0 Å². The maximum absolute atomic E-state index is 13.4. The third kappa shape index (κ3) is 5.68. The molecule has 0 aromatic heterocycles. The lowest BCUT2D eigenvalue weighted by Crippen LogP contribution is -2.35. The van der Waals surface area contributed by atoms with Crippen LogP contribution < -0.4 is 10.6 Å². The second kappa shape index (κ2) is 9.88. The van der Waals surface area contributed by atoms with Gasteiger partial charge < -0.3 is 10.6 Å². The minimum atomic E-state index is -4.40. The second-order valence-corrected chi connectivity index (χ2v) is 6.58. The summed E-state index contributed by atoms with van der Waals surface area (Å²) in [5.74, 6) is 0.614.